The Kier molecular flexibility index (Phi) is 3.90. The van der Waals surface area contributed by atoms with E-state index in [4.69, 9.17) is 15.0 Å². The maximum Gasteiger partial charge on any atom is 0.161 e. The van der Waals surface area contributed by atoms with Gasteiger partial charge in [-0.1, -0.05) is 35.4 Å². The second-order valence-corrected chi connectivity index (χ2v) is 3.78. The van der Waals surface area contributed by atoms with E-state index < -0.39 is 0 Å². The van der Waals surface area contributed by atoms with E-state index in [9.17, 15) is 0 Å². The molecule has 0 aliphatic rings. The maximum absolute atomic E-state index is 8.59. The molecule has 2 aromatic carbocycles. The Morgan fingerprint density at radius 1 is 1.00 bits per heavy atom. The molecule has 5 nitrogen and oxygen atoms in total. The summed E-state index contributed by atoms with van der Waals surface area (Å²) in [5, 5.41) is 3.69. The van der Waals surface area contributed by atoms with Crippen LogP contribution in [-0.2, 0) is 0 Å². The smallest absolute Gasteiger partial charge is 0.161 e. The highest BCUT2D eigenvalue weighted by Gasteiger charge is 2.08. The quantitative estimate of drug-likeness (QED) is 0.464. The monoisotopic (exact) mass is 255 g/mol. The molecule has 0 atom stereocenters. The summed E-state index contributed by atoms with van der Waals surface area (Å²) in [5.74, 6) is 1.29. The second-order valence-electron chi connectivity index (χ2n) is 3.78. The van der Waals surface area contributed by atoms with Crippen LogP contribution in [0.25, 0.3) is 21.6 Å². The van der Waals surface area contributed by atoms with E-state index in [0.717, 1.165) is 11.1 Å². The highest BCUT2D eigenvalue weighted by molar-refractivity contribution is 5.77. The molecule has 0 saturated heterocycles. The van der Waals surface area contributed by atoms with Crippen LogP contribution in [0.1, 0.15) is 0 Å². The first-order chi connectivity index (χ1) is 9.30. The molecule has 0 aliphatic carbocycles. The normalized spacial score (nSPS) is 9.58. The van der Waals surface area contributed by atoms with Gasteiger partial charge in [-0.15, -0.1) is 0 Å². The predicted octanol–water partition coefficient (Wildman–Crippen LogP) is 4.31. The van der Waals surface area contributed by atoms with Crippen molar-refractivity contribution in [3.05, 3.63) is 52.9 Å². The molecule has 0 spiro atoms. The molecule has 0 heterocycles. The van der Waals surface area contributed by atoms with Crippen LogP contribution in [0.5, 0.6) is 11.5 Å². The highest BCUT2D eigenvalue weighted by Crippen LogP contribution is 2.36. The van der Waals surface area contributed by atoms with Gasteiger partial charge < -0.3 is 9.47 Å². The first-order valence-electron chi connectivity index (χ1n) is 5.66. The number of ether oxygens (including phenoxy) is 2. The summed E-state index contributed by atoms with van der Waals surface area (Å²) in [7, 11) is 3.17. The molecule has 0 amide bonds. The van der Waals surface area contributed by atoms with Crippen LogP contribution in [0.15, 0.2) is 47.6 Å². The third kappa shape index (κ3) is 2.61. The molecule has 0 N–H and O–H groups in total. The number of benzene rings is 2. The Bertz CT molecular complexity index is 634. The summed E-state index contributed by atoms with van der Waals surface area (Å²) in [6.07, 6.45) is 0. The summed E-state index contributed by atoms with van der Waals surface area (Å²) >= 11 is 0. The number of hydrogen-bond acceptors (Lipinski definition) is 3. The molecule has 5 heteroatoms. The minimum absolute atomic E-state index is 0.581. The minimum Gasteiger partial charge on any atom is -0.493 e. The third-order valence-corrected chi connectivity index (χ3v) is 2.75. The van der Waals surface area contributed by atoms with Crippen molar-refractivity contribution in [2.24, 2.45) is 5.11 Å². The van der Waals surface area contributed by atoms with Crippen LogP contribution in [0.2, 0.25) is 0 Å². The van der Waals surface area contributed by atoms with Gasteiger partial charge in [-0.3, -0.25) is 0 Å². The molecule has 0 aromatic heterocycles. The van der Waals surface area contributed by atoms with Gasteiger partial charge in [0.25, 0.3) is 0 Å². The van der Waals surface area contributed by atoms with Gasteiger partial charge in [-0.05, 0) is 28.8 Å². The van der Waals surface area contributed by atoms with Gasteiger partial charge in [0.2, 0.25) is 0 Å². The molecule has 0 aliphatic heterocycles. The van der Waals surface area contributed by atoms with Crippen LogP contribution in [-0.4, -0.2) is 14.2 Å². The summed E-state index contributed by atoms with van der Waals surface area (Å²) < 4.78 is 10.5. The third-order valence-electron chi connectivity index (χ3n) is 2.75. The Morgan fingerprint density at radius 2 is 1.74 bits per heavy atom. The zero-order valence-corrected chi connectivity index (χ0v) is 10.7. The van der Waals surface area contributed by atoms with Gasteiger partial charge in [0, 0.05) is 10.6 Å². The number of hydrogen-bond donors (Lipinski definition) is 0. The Labute approximate surface area is 111 Å². The largest absolute Gasteiger partial charge is 0.493 e. The van der Waals surface area contributed by atoms with Crippen molar-refractivity contribution in [2.75, 3.05) is 14.2 Å². The fourth-order valence-corrected chi connectivity index (χ4v) is 1.86. The van der Waals surface area contributed by atoms with E-state index in [1.807, 2.05) is 36.4 Å². The Morgan fingerprint density at radius 3 is 2.42 bits per heavy atom. The Balaban J connectivity index is 2.56. The van der Waals surface area contributed by atoms with Gasteiger partial charge in [-0.25, -0.2) is 0 Å². The van der Waals surface area contributed by atoms with E-state index >= 15 is 0 Å². The number of azide groups is 1. The van der Waals surface area contributed by atoms with E-state index in [0.29, 0.717) is 17.2 Å². The maximum atomic E-state index is 8.59. The second kappa shape index (κ2) is 5.80. The molecule has 0 fully saturated rings. The molecule has 2 aromatic rings. The molecule has 2 rings (SSSR count). The average Bonchev–Trinajstić information content (AvgIpc) is 2.47. The van der Waals surface area contributed by atoms with Crippen molar-refractivity contribution in [3.63, 3.8) is 0 Å². The lowest BCUT2D eigenvalue weighted by molar-refractivity contribution is 0.355. The van der Waals surface area contributed by atoms with Crippen molar-refractivity contribution < 1.29 is 9.47 Å². The van der Waals surface area contributed by atoms with Crippen LogP contribution in [0, 0.1) is 0 Å². The van der Waals surface area contributed by atoms with Gasteiger partial charge >= 0.3 is 0 Å². The summed E-state index contributed by atoms with van der Waals surface area (Å²) in [6, 6.07) is 13.0. The van der Waals surface area contributed by atoms with Crippen molar-refractivity contribution in [2.45, 2.75) is 0 Å². The number of nitrogens with zero attached hydrogens (tertiary/aromatic N) is 3. The summed E-state index contributed by atoms with van der Waals surface area (Å²) in [6.45, 7) is 0. The lowest BCUT2D eigenvalue weighted by Gasteiger charge is -2.10. The molecular formula is C14H13N3O2. The van der Waals surface area contributed by atoms with Crippen molar-refractivity contribution in [3.8, 4) is 22.6 Å². The van der Waals surface area contributed by atoms with E-state index in [-0.39, 0.29) is 0 Å². The molecule has 96 valence electrons. The number of methoxy groups -OCH3 is 2. The van der Waals surface area contributed by atoms with Crippen LogP contribution in [0.3, 0.4) is 0 Å². The van der Waals surface area contributed by atoms with Crippen molar-refractivity contribution in [1.82, 2.24) is 0 Å². The van der Waals surface area contributed by atoms with E-state index in [1.165, 1.54) is 0 Å². The zero-order valence-electron chi connectivity index (χ0n) is 10.7. The first-order valence-corrected chi connectivity index (χ1v) is 5.66. The topological polar surface area (TPSA) is 67.2 Å². The van der Waals surface area contributed by atoms with Crippen LogP contribution in [0.4, 0.5) is 5.69 Å². The fraction of sp³-hybridized carbons (Fsp3) is 0.143. The average molecular weight is 255 g/mol. The lowest BCUT2D eigenvalue weighted by Crippen LogP contribution is -1.90. The fourth-order valence-electron chi connectivity index (χ4n) is 1.86. The molecular weight excluding hydrogens is 242 g/mol. The Hall–Kier alpha value is -2.65. The SMILES string of the molecule is COc1ccc(-c2ccccc2N=[N+]=[N-])cc1OC. The molecule has 0 radical (unpaired) electrons. The molecule has 19 heavy (non-hydrogen) atoms. The van der Waals surface area contributed by atoms with Crippen molar-refractivity contribution in [1.29, 1.82) is 0 Å². The van der Waals surface area contributed by atoms with Crippen LogP contribution >= 0.6 is 0 Å². The van der Waals surface area contributed by atoms with Gasteiger partial charge in [0.1, 0.15) is 0 Å². The van der Waals surface area contributed by atoms with E-state index in [2.05, 4.69) is 10.0 Å². The molecule has 0 bridgehead atoms. The lowest BCUT2D eigenvalue weighted by atomic mass is 10.0. The minimum atomic E-state index is 0.581. The van der Waals surface area contributed by atoms with Crippen LogP contribution < -0.4 is 9.47 Å². The van der Waals surface area contributed by atoms with Gasteiger partial charge in [0.15, 0.2) is 11.5 Å². The number of rotatable bonds is 4. The van der Waals surface area contributed by atoms with Gasteiger partial charge in [0.05, 0.1) is 14.2 Å². The highest BCUT2D eigenvalue weighted by atomic mass is 16.5. The van der Waals surface area contributed by atoms with E-state index in [1.54, 1.807) is 20.3 Å². The zero-order chi connectivity index (χ0) is 13.7. The first kappa shape index (κ1) is 12.8. The predicted molar refractivity (Wildman–Crippen MR) is 73.8 cm³/mol. The standard InChI is InChI=1S/C14H13N3O2/c1-18-13-8-7-10(9-14(13)19-2)11-5-3-4-6-12(11)16-17-15/h3-9H,1-2H3. The molecule has 0 saturated carbocycles. The van der Waals surface area contributed by atoms with Gasteiger partial charge in [-0.2, -0.15) is 0 Å². The summed E-state index contributed by atoms with van der Waals surface area (Å²) in [5.41, 5.74) is 10.9. The summed E-state index contributed by atoms with van der Waals surface area (Å²) in [4.78, 5) is 2.84. The van der Waals surface area contributed by atoms with Crippen molar-refractivity contribution >= 4 is 5.69 Å². The molecule has 0 unspecified atom stereocenters.